The van der Waals surface area contributed by atoms with Crippen LogP contribution in [0.3, 0.4) is 0 Å². The van der Waals surface area contributed by atoms with Gasteiger partial charge in [-0.3, -0.25) is 4.79 Å². The number of nitrogens with zero attached hydrogens (tertiary/aromatic N) is 3. The molecule has 2 aromatic heterocycles. The number of rotatable bonds is 3. The van der Waals surface area contributed by atoms with Crippen molar-refractivity contribution in [1.29, 1.82) is 0 Å². The predicted molar refractivity (Wildman–Crippen MR) is 102 cm³/mol. The van der Waals surface area contributed by atoms with Gasteiger partial charge in [-0.1, -0.05) is 77.6 Å². The number of benzene rings is 2. The summed E-state index contributed by atoms with van der Waals surface area (Å²) in [6, 6.07) is 17.9. The molecule has 0 aliphatic heterocycles. The van der Waals surface area contributed by atoms with Crippen LogP contribution in [-0.4, -0.2) is 14.6 Å². The molecule has 0 spiro atoms. The van der Waals surface area contributed by atoms with Gasteiger partial charge in [-0.15, -0.1) is 5.10 Å². The third-order valence-electron chi connectivity index (χ3n) is 3.79. The summed E-state index contributed by atoms with van der Waals surface area (Å²) in [7, 11) is 0. The normalized spacial score (nSPS) is 12.4. The summed E-state index contributed by atoms with van der Waals surface area (Å²) >= 11 is 1.35. The van der Waals surface area contributed by atoms with E-state index >= 15 is 0 Å². The Labute approximate surface area is 148 Å². The standard InChI is InChI=1S/C20H15N3OS/c1-14-7-5-11-16(13-14)18-21-20-23(22-18)19(24)17(25-20)12-6-10-15-8-3-2-4-9-15/h2-13H,1H3/b10-6+,17-12+. The molecule has 0 atom stereocenters. The molecule has 5 heteroatoms. The topological polar surface area (TPSA) is 47.3 Å². The molecular formula is C20H15N3OS. The largest absolute Gasteiger partial charge is 0.291 e. The van der Waals surface area contributed by atoms with Crippen LogP contribution in [-0.2, 0) is 0 Å². The lowest BCUT2D eigenvalue weighted by Crippen LogP contribution is -2.23. The second kappa shape index (κ2) is 6.45. The maximum absolute atomic E-state index is 12.5. The summed E-state index contributed by atoms with van der Waals surface area (Å²) in [5, 5.41) is 4.37. The zero-order valence-electron chi connectivity index (χ0n) is 13.6. The fourth-order valence-electron chi connectivity index (χ4n) is 2.57. The number of aromatic nitrogens is 3. The van der Waals surface area contributed by atoms with Crippen LogP contribution in [0.15, 0.2) is 65.5 Å². The fraction of sp³-hybridized carbons (Fsp3) is 0.0500. The molecule has 0 amide bonds. The molecule has 0 radical (unpaired) electrons. The summed E-state index contributed by atoms with van der Waals surface area (Å²) in [6.07, 6.45) is 5.65. The van der Waals surface area contributed by atoms with E-state index in [4.69, 9.17) is 0 Å². The third-order valence-corrected chi connectivity index (χ3v) is 4.77. The Balaban J connectivity index is 1.70. The smallest absolute Gasteiger partial charge is 0.266 e. The highest BCUT2D eigenvalue weighted by atomic mass is 32.1. The zero-order valence-corrected chi connectivity index (χ0v) is 14.4. The van der Waals surface area contributed by atoms with Crippen LogP contribution in [0.4, 0.5) is 0 Å². The first-order chi connectivity index (χ1) is 12.2. The number of thiazole rings is 1. The van der Waals surface area contributed by atoms with E-state index in [1.165, 1.54) is 15.9 Å². The van der Waals surface area contributed by atoms with Gasteiger partial charge in [0.2, 0.25) is 4.96 Å². The number of fused-ring (bicyclic) bond motifs is 1. The Morgan fingerprint density at radius 3 is 2.68 bits per heavy atom. The van der Waals surface area contributed by atoms with Crippen LogP contribution < -0.4 is 10.1 Å². The average Bonchev–Trinajstić information content (AvgIpc) is 3.16. The van der Waals surface area contributed by atoms with Crippen molar-refractivity contribution in [3.05, 3.63) is 86.7 Å². The molecule has 0 fully saturated rings. The van der Waals surface area contributed by atoms with Gasteiger partial charge in [0, 0.05) is 5.56 Å². The van der Waals surface area contributed by atoms with Gasteiger partial charge >= 0.3 is 0 Å². The third kappa shape index (κ3) is 3.14. The Bertz CT molecular complexity index is 1170. The van der Waals surface area contributed by atoms with Gasteiger partial charge in [0.1, 0.15) is 0 Å². The lowest BCUT2D eigenvalue weighted by Gasteiger charge is -1.95. The quantitative estimate of drug-likeness (QED) is 0.572. The van der Waals surface area contributed by atoms with Crippen LogP contribution in [0.2, 0.25) is 0 Å². The summed E-state index contributed by atoms with van der Waals surface area (Å²) in [5.41, 5.74) is 3.01. The molecule has 122 valence electrons. The van der Waals surface area contributed by atoms with E-state index in [1.54, 1.807) is 0 Å². The minimum atomic E-state index is -0.135. The van der Waals surface area contributed by atoms with Gasteiger partial charge in [-0.2, -0.15) is 9.50 Å². The Morgan fingerprint density at radius 1 is 1.08 bits per heavy atom. The van der Waals surface area contributed by atoms with E-state index in [1.807, 2.05) is 79.7 Å². The molecule has 0 bridgehead atoms. The second-order valence-corrected chi connectivity index (χ2v) is 6.72. The van der Waals surface area contributed by atoms with Crippen molar-refractivity contribution in [1.82, 2.24) is 14.6 Å². The van der Waals surface area contributed by atoms with Crippen molar-refractivity contribution in [3.63, 3.8) is 0 Å². The maximum atomic E-state index is 12.5. The molecule has 0 aliphatic rings. The Hall–Kier alpha value is -3.05. The lowest BCUT2D eigenvalue weighted by molar-refractivity contribution is 0.937. The predicted octanol–water partition coefficient (Wildman–Crippen LogP) is 3.34. The van der Waals surface area contributed by atoms with E-state index in [0.717, 1.165) is 16.7 Å². The Kier molecular flexibility index (Phi) is 3.99. The summed E-state index contributed by atoms with van der Waals surface area (Å²) in [5.74, 6) is 0.582. The Morgan fingerprint density at radius 2 is 1.92 bits per heavy atom. The van der Waals surface area contributed by atoms with Crippen molar-refractivity contribution in [2.24, 2.45) is 0 Å². The molecule has 0 saturated heterocycles. The summed E-state index contributed by atoms with van der Waals surface area (Å²) in [4.78, 5) is 17.6. The molecule has 2 aromatic carbocycles. The fourth-order valence-corrected chi connectivity index (χ4v) is 3.42. The van der Waals surface area contributed by atoms with Gasteiger partial charge in [0.25, 0.3) is 5.56 Å². The highest BCUT2D eigenvalue weighted by Gasteiger charge is 2.11. The van der Waals surface area contributed by atoms with Crippen LogP contribution >= 0.6 is 11.3 Å². The molecule has 2 heterocycles. The van der Waals surface area contributed by atoms with Crippen molar-refractivity contribution in [2.75, 3.05) is 0 Å². The molecule has 4 aromatic rings. The molecular weight excluding hydrogens is 330 g/mol. The SMILES string of the molecule is Cc1cccc(-c2nc3s/c(=C/C=C/c4ccccc4)c(=O)n3n2)c1. The van der Waals surface area contributed by atoms with E-state index < -0.39 is 0 Å². The van der Waals surface area contributed by atoms with Crippen LogP contribution in [0, 0.1) is 6.92 Å². The average molecular weight is 345 g/mol. The van der Waals surface area contributed by atoms with E-state index in [2.05, 4.69) is 10.1 Å². The molecule has 4 rings (SSSR count). The highest BCUT2D eigenvalue weighted by Crippen LogP contribution is 2.17. The van der Waals surface area contributed by atoms with E-state index in [-0.39, 0.29) is 5.56 Å². The van der Waals surface area contributed by atoms with Gasteiger partial charge in [-0.05, 0) is 24.6 Å². The van der Waals surface area contributed by atoms with Crippen molar-refractivity contribution in [2.45, 2.75) is 6.92 Å². The van der Waals surface area contributed by atoms with Crippen LogP contribution in [0.5, 0.6) is 0 Å². The highest BCUT2D eigenvalue weighted by molar-refractivity contribution is 7.15. The first kappa shape index (κ1) is 15.5. The molecule has 4 nitrogen and oxygen atoms in total. The number of hydrogen-bond donors (Lipinski definition) is 0. The van der Waals surface area contributed by atoms with E-state index in [9.17, 15) is 4.79 Å². The first-order valence-electron chi connectivity index (χ1n) is 7.91. The molecule has 25 heavy (non-hydrogen) atoms. The van der Waals surface area contributed by atoms with Gasteiger partial charge < -0.3 is 0 Å². The molecule has 0 saturated carbocycles. The summed E-state index contributed by atoms with van der Waals surface area (Å²) in [6.45, 7) is 2.02. The van der Waals surface area contributed by atoms with Crippen molar-refractivity contribution in [3.8, 4) is 11.4 Å². The van der Waals surface area contributed by atoms with Gasteiger partial charge in [-0.25, -0.2) is 0 Å². The maximum Gasteiger partial charge on any atom is 0.291 e. The molecule has 0 aliphatic carbocycles. The zero-order chi connectivity index (χ0) is 17.2. The van der Waals surface area contributed by atoms with E-state index in [0.29, 0.717) is 15.3 Å². The van der Waals surface area contributed by atoms with Gasteiger partial charge in [0.05, 0.1) is 4.53 Å². The molecule has 0 N–H and O–H groups in total. The van der Waals surface area contributed by atoms with Crippen molar-refractivity contribution < 1.29 is 0 Å². The number of allylic oxidation sites excluding steroid dienone is 1. The summed E-state index contributed by atoms with van der Waals surface area (Å²) < 4.78 is 2.00. The lowest BCUT2D eigenvalue weighted by atomic mass is 10.1. The van der Waals surface area contributed by atoms with Crippen LogP contribution in [0.25, 0.3) is 28.5 Å². The molecule has 0 unspecified atom stereocenters. The van der Waals surface area contributed by atoms with Gasteiger partial charge in [0.15, 0.2) is 5.82 Å². The minimum Gasteiger partial charge on any atom is -0.266 e. The van der Waals surface area contributed by atoms with Crippen LogP contribution in [0.1, 0.15) is 11.1 Å². The first-order valence-corrected chi connectivity index (χ1v) is 8.72. The van der Waals surface area contributed by atoms with Crippen molar-refractivity contribution >= 4 is 28.4 Å². The number of hydrogen-bond acceptors (Lipinski definition) is 4. The number of aryl methyl sites for hydroxylation is 1. The second-order valence-electron chi connectivity index (χ2n) is 5.71. The minimum absolute atomic E-state index is 0.135. The monoisotopic (exact) mass is 345 g/mol.